The number of rotatable bonds is 5. The number of nitrogens with zero attached hydrogens (tertiary/aromatic N) is 4. The molecular formula is C20H17ClN4OS. The van der Waals surface area contributed by atoms with Crippen molar-refractivity contribution in [3.05, 3.63) is 76.6 Å². The number of halogens is 1. The van der Waals surface area contributed by atoms with Gasteiger partial charge in [-0.2, -0.15) is 0 Å². The van der Waals surface area contributed by atoms with Crippen molar-refractivity contribution in [2.45, 2.75) is 24.8 Å². The standard InChI is InChI=1S/C20H17ClN4OS/c1-13-7-8-14(2)18(11-13)25-19(16-5-3-4-6-17(16)21)22-23-20(25)27-12-15-9-10-26-24-15/h3-11H,12H2,1-2H3. The third kappa shape index (κ3) is 3.63. The van der Waals surface area contributed by atoms with Gasteiger partial charge in [0.05, 0.1) is 16.4 Å². The monoisotopic (exact) mass is 396 g/mol. The predicted molar refractivity (Wildman–Crippen MR) is 107 cm³/mol. The number of aryl methyl sites for hydroxylation is 2. The van der Waals surface area contributed by atoms with Gasteiger partial charge in [0.2, 0.25) is 0 Å². The minimum atomic E-state index is 0.641. The van der Waals surface area contributed by atoms with E-state index in [9.17, 15) is 0 Å². The summed E-state index contributed by atoms with van der Waals surface area (Å²) >= 11 is 8.01. The van der Waals surface area contributed by atoms with E-state index < -0.39 is 0 Å². The first-order chi connectivity index (χ1) is 13.1. The van der Waals surface area contributed by atoms with Crippen LogP contribution in [0.2, 0.25) is 5.02 Å². The summed E-state index contributed by atoms with van der Waals surface area (Å²) in [6.45, 7) is 4.15. The van der Waals surface area contributed by atoms with E-state index >= 15 is 0 Å². The molecule has 2 aromatic carbocycles. The highest BCUT2D eigenvalue weighted by Crippen LogP contribution is 2.34. The fraction of sp³-hybridized carbons (Fsp3) is 0.150. The fourth-order valence-corrected chi connectivity index (χ4v) is 3.87. The minimum Gasteiger partial charge on any atom is -0.364 e. The lowest BCUT2D eigenvalue weighted by Crippen LogP contribution is -2.03. The molecule has 0 saturated carbocycles. The van der Waals surface area contributed by atoms with Gasteiger partial charge in [-0.15, -0.1) is 10.2 Å². The lowest BCUT2D eigenvalue weighted by atomic mass is 10.1. The quantitative estimate of drug-likeness (QED) is 0.418. The Bertz CT molecular complexity index is 1080. The maximum Gasteiger partial charge on any atom is 0.196 e. The zero-order valence-corrected chi connectivity index (χ0v) is 16.5. The zero-order chi connectivity index (χ0) is 18.8. The van der Waals surface area contributed by atoms with Gasteiger partial charge in [0.1, 0.15) is 6.26 Å². The van der Waals surface area contributed by atoms with Crippen LogP contribution < -0.4 is 0 Å². The number of thioether (sulfide) groups is 1. The van der Waals surface area contributed by atoms with Crippen molar-refractivity contribution in [3.8, 4) is 17.1 Å². The van der Waals surface area contributed by atoms with Crippen molar-refractivity contribution >= 4 is 23.4 Å². The van der Waals surface area contributed by atoms with Gasteiger partial charge in [0, 0.05) is 17.4 Å². The number of hydrogen-bond donors (Lipinski definition) is 0. The second-order valence-corrected chi connectivity index (χ2v) is 7.54. The van der Waals surface area contributed by atoms with Crippen molar-refractivity contribution in [1.82, 2.24) is 19.9 Å². The highest BCUT2D eigenvalue weighted by molar-refractivity contribution is 7.98. The molecule has 4 aromatic rings. The first kappa shape index (κ1) is 17.8. The Morgan fingerprint density at radius 2 is 1.93 bits per heavy atom. The average molecular weight is 397 g/mol. The number of aromatic nitrogens is 4. The van der Waals surface area contributed by atoms with Crippen molar-refractivity contribution in [2.24, 2.45) is 0 Å². The zero-order valence-electron chi connectivity index (χ0n) is 14.9. The smallest absolute Gasteiger partial charge is 0.196 e. The molecule has 0 N–H and O–H groups in total. The van der Waals surface area contributed by atoms with E-state index in [1.807, 2.05) is 30.3 Å². The van der Waals surface area contributed by atoms with Crippen LogP contribution in [0.4, 0.5) is 0 Å². The van der Waals surface area contributed by atoms with Crippen LogP contribution in [0.3, 0.4) is 0 Å². The van der Waals surface area contributed by atoms with E-state index in [2.05, 4.69) is 52.0 Å². The Labute approximate surface area is 166 Å². The molecule has 27 heavy (non-hydrogen) atoms. The van der Waals surface area contributed by atoms with E-state index in [4.69, 9.17) is 16.1 Å². The maximum atomic E-state index is 6.45. The largest absolute Gasteiger partial charge is 0.364 e. The minimum absolute atomic E-state index is 0.641. The van der Waals surface area contributed by atoms with Gasteiger partial charge in [-0.1, -0.05) is 52.8 Å². The molecule has 0 bridgehead atoms. The van der Waals surface area contributed by atoms with E-state index in [0.717, 1.165) is 33.5 Å². The number of benzene rings is 2. The Kier molecular flexibility index (Phi) is 5.01. The molecule has 2 heterocycles. The van der Waals surface area contributed by atoms with Crippen molar-refractivity contribution in [1.29, 1.82) is 0 Å². The summed E-state index contributed by atoms with van der Waals surface area (Å²) in [4.78, 5) is 0. The van der Waals surface area contributed by atoms with Crippen LogP contribution >= 0.6 is 23.4 Å². The molecule has 0 amide bonds. The second-order valence-electron chi connectivity index (χ2n) is 6.19. The fourth-order valence-electron chi connectivity index (χ4n) is 2.81. The van der Waals surface area contributed by atoms with Crippen LogP contribution in [-0.4, -0.2) is 19.9 Å². The van der Waals surface area contributed by atoms with Gasteiger partial charge in [-0.05, 0) is 43.2 Å². The average Bonchev–Trinajstić information content (AvgIpc) is 3.32. The van der Waals surface area contributed by atoms with Gasteiger partial charge < -0.3 is 4.52 Å². The Balaban J connectivity index is 1.85. The summed E-state index contributed by atoms with van der Waals surface area (Å²) in [5.41, 5.74) is 5.05. The van der Waals surface area contributed by atoms with Crippen LogP contribution in [-0.2, 0) is 5.75 Å². The van der Waals surface area contributed by atoms with E-state index in [1.165, 1.54) is 5.56 Å². The third-order valence-electron chi connectivity index (χ3n) is 4.19. The van der Waals surface area contributed by atoms with Crippen LogP contribution in [0.5, 0.6) is 0 Å². The van der Waals surface area contributed by atoms with Gasteiger partial charge in [-0.3, -0.25) is 4.57 Å². The molecule has 4 rings (SSSR count). The van der Waals surface area contributed by atoms with Crippen LogP contribution in [0, 0.1) is 13.8 Å². The second kappa shape index (κ2) is 7.58. The molecule has 0 atom stereocenters. The summed E-state index contributed by atoms with van der Waals surface area (Å²) in [7, 11) is 0. The van der Waals surface area contributed by atoms with Crippen LogP contribution in [0.25, 0.3) is 17.1 Å². The van der Waals surface area contributed by atoms with Crippen molar-refractivity contribution in [2.75, 3.05) is 0 Å². The molecule has 0 aliphatic rings. The molecule has 0 radical (unpaired) electrons. The Morgan fingerprint density at radius 3 is 2.70 bits per heavy atom. The number of hydrogen-bond acceptors (Lipinski definition) is 5. The summed E-state index contributed by atoms with van der Waals surface area (Å²) in [6.07, 6.45) is 1.57. The summed E-state index contributed by atoms with van der Waals surface area (Å²) in [5.74, 6) is 1.36. The molecule has 0 spiro atoms. The summed E-state index contributed by atoms with van der Waals surface area (Å²) in [6, 6.07) is 15.9. The molecule has 7 heteroatoms. The molecule has 0 unspecified atom stereocenters. The normalized spacial score (nSPS) is 11.1. The van der Waals surface area contributed by atoms with Crippen LogP contribution in [0.15, 0.2) is 64.5 Å². The molecule has 0 aliphatic heterocycles. The van der Waals surface area contributed by atoms with E-state index in [0.29, 0.717) is 10.8 Å². The van der Waals surface area contributed by atoms with Gasteiger partial charge in [-0.25, -0.2) is 0 Å². The van der Waals surface area contributed by atoms with Crippen molar-refractivity contribution < 1.29 is 4.52 Å². The van der Waals surface area contributed by atoms with Crippen LogP contribution in [0.1, 0.15) is 16.8 Å². The Morgan fingerprint density at radius 1 is 1.07 bits per heavy atom. The molecule has 5 nitrogen and oxygen atoms in total. The third-order valence-corrected chi connectivity index (χ3v) is 5.49. The lowest BCUT2D eigenvalue weighted by molar-refractivity contribution is 0.414. The van der Waals surface area contributed by atoms with Gasteiger partial charge >= 0.3 is 0 Å². The highest BCUT2D eigenvalue weighted by Gasteiger charge is 2.19. The molecule has 2 aromatic heterocycles. The Hall–Kier alpha value is -2.57. The van der Waals surface area contributed by atoms with E-state index in [1.54, 1.807) is 18.0 Å². The topological polar surface area (TPSA) is 56.7 Å². The predicted octanol–water partition coefficient (Wildman–Crippen LogP) is 5.48. The lowest BCUT2D eigenvalue weighted by Gasteiger charge is -2.14. The molecule has 0 saturated heterocycles. The molecule has 136 valence electrons. The molecule has 0 aliphatic carbocycles. The maximum absolute atomic E-state index is 6.45. The first-order valence-electron chi connectivity index (χ1n) is 8.43. The van der Waals surface area contributed by atoms with E-state index in [-0.39, 0.29) is 0 Å². The van der Waals surface area contributed by atoms with Gasteiger partial charge in [0.25, 0.3) is 0 Å². The highest BCUT2D eigenvalue weighted by atomic mass is 35.5. The summed E-state index contributed by atoms with van der Waals surface area (Å²) < 4.78 is 6.98. The molecular weight excluding hydrogens is 380 g/mol. The molecule has 0 fully saturated rings. The SMILES string of the molecule is Cc1ccc(C)c(-n2c(SCc3ccon3)nnc2-c2ccccc2Cl)c1. The first-order valence-corrected chi connectivity index (χ1v) is 9.80. The van der Waals surface area contributed by atoms with Gasteiger partial charge in [0.15, 0.2) is 11.0 Å². The van der Waals surface area contributed by atoms with Crippen molar-refractivity contribution in [3.63, 3.8) is 0 Å². The summed E-state index contributed by atoms with van der Waals surface area (Å²) in [5, 5.41) is 14.3.